The average molecular weight is 409 g/mol. The van der Waals surface area contributed by atoms with E-state index in [1.165, 1.54) is 0 Å². The molecule has 9 nitrogen and oxygen atoms in total. The molecule has 0 radical (unpaired) electrons. The van der Waals surface area contributed by atoms with Gasteiger partial charge in [0.25, 0.3) is 0 Å². The minimum Gasteiger partial charge on any atom is -0.383 e. The zero-order chi connectivity index (χ0) is 20.9. The Kier molecular flexibility index (Phi) is 6.14. The van der Waals surface area contributed by atoms with Gasteiger partial charge in [-0.05, 0) is 37.7 Å². The van der Waals surface area contributed by atoms with Gasteiger partial charge in [0.1, 0.15) is 17.0 Å². The molecule has 9 heteroatoms. The first-order chi connectivity index (χ1) is 14.7. The highest BCUT2D eigenvalue weighted by atomic mass is 16.5. The van der Waals surface area contributed by atoms with Crippen molar-refractivity contribution in [2.75, 3.05) is 20.3 Å². The molecule has 30 heavy (non-hydrogen) atoms. The summed E-state index contributed by atoms with van der Waals surface area (Å²) in [6.45, 7) is 1.25. The molecule has 0 aliphatic heterocycles. The van der Waals surface area contributed by atoms with E-state index in [4.69, 9.17) is 15.0 Å². The van der Waals surface area contributed by atoms with Crippen LogP contribution in [0.1, 0.15) is 44.0 Å². The maximum atomic E-state index is 12.1. The molecule has 0 saturated heterocycles. The van der Waals surface area contributed by atoms with Crippen LogP contribution in [0.25, 0.3) is 22.1 Å². The Labute approximate surface area is 174 Å². The molecule has 2 amide bonds. The van der Waals surface area contributed by atoms with E-state index >= 15 is 0 Å². The Morgan fingerprint density at radius 1 is 1.37 bits per heavy atom. The Hall–Kier alpha value is -3.12. The summed E-state index contributed by atoms with van der Waals surface area (Å²) in [4.78, 5) is 24.6. The summed E-state index contributed by atoms with van der Waals surface area (Å²) in [6, 6.07) is 4.38. The number of aromatic nitrogens is 4. The minimum atomic E-state index is -0.242. The van der Waals surface area contributed by atoms with Gasteiger partial charge in [-0.15, -0.1) is 0 Å². The number of nitrogens with one attached hydrogen (secondary N) is 3. The van der Waals surface area contributed by atoms with Crippen molar-refractivity contribution in [1.82, 2.24) is 30.2 Å². The number of urea groups is 1. The molecule has 1 fully saturated rings. The van der Waals surface area contributed by atoms with Gasteiger partial charge in [0.15, 0.2) is 0 Å². The first kappa shape index (κ1) is 20.2. The van der Waals surface area contributed by atoms with Crippen LogP contribution >= 0.6 is 0 Å². The van der Waals surface area contributed by atoms with Crippen LogP contribution < -0.4 is 10.6 Å². The molecule has 3 aromatic heterocycles. The molecule has 1 aliphatic carbocycles. The highest BCUT2D eigenvalue weighted by Crippen LogP contribution is 2.37. The van der Waals surface area contributed by atoms with E-state index in [1.54, 1.807) is 13.3 Å². The van der Waals surface area contributed by atoms with Crippen LogP contribution in [0.2, 0.25) is 0 Å². The van der Waals surface area contributed by atoms with Crippen LogP contribution in [-0.2, 0) is 11.3 Å². The topological polar surface area (TPSA) is 121 Å². The smallest absolute Gasteiger partial charge is 0.315 e. The lowest BCUT2D eigenvalue weighted by molar-refractivity contribution is 0.195. The summed E-state index contributed by atoms with van der Waals surface area (Å²) in [5, 5.41) is 15.7. The molecule has 0 bridgehead atoms. The van der Waals surface area contributed by atoms with Gasteiger partial charge in [-0.3, -0.25) is 0 Å². The fourth-order valence-electron chi connectivity index (χ4n) is 4.38. The van der Waals surface area contributed by atoms with Crippen LogP contribution in [0.3, 0.4) is 0 Å². The minimum absolute atomic E-state index is 0.242. The lowest BCUT2D eigenvalue weighted by Gasteiger charge is -2.30. The van der Waals surface area contributed by atoms with Gasteiger partial charge >= 0.3 is 6.03 Å². The molecule has 158 valence electrons. The number of carbonyl (C=O) groups is 1. The van der Waals surface area contributed by atoms with Gasteiger partial charge in [0, 0.05) is 37.7 Å². The van der Waals surface area contributed by atoms with E-state index in [1.807, 2.05) is 12.3 Å². The molecule has 0 atom stereocenters. The quantitative estimate of drug-likeness (QED) is 0.518. The third-order valence-corrected chi connectivity index (χ3v) is 5.87. The van der Waals surface area contributed by atoms with Crippen LogP contribution in [0.5, 0.6) is 0 Å². The maximum absolute atomic E-state index is 12.1. The van der Waals surface area contributed by atoms with Gasteiger partial charge in [-0.2, -0.15) is 5.26 Å². The molecule has 3 aromatic rings. The number of amides is 2. The third-order valence-electron chi connectivity index (χ3n) is 5.87. The number of nitriles is 1. The SMILES string of the molecule is COCCNC(=O)NCc1nc2cnc3[nH]ccc3c2n1[C@H]1CC[C@H](CC#N)CC1. The van der Waals surface area contributed by atoms with Crippen molar-refractivity contribution in [1.29, 1.82) is 5.26 Å². The van der Waals surface area contributed by atoms with Crippen molar-refractivity contribution in [3.63, 3.8) is 0 Å². The lowest BCUT2D eigenvalue weighted by Crippen LogP contribution is -2.37. The number of hydrogen-bond acceptors (Lipinski definition) is 5. The summed E-state index contributed by atoms with van der Waals surface area (Å²) in [5.74, 6) is 1.30. The summed E-state index contributed by atoms with van der Waals surface area (Å²) in [6.07, 6.45) is 8.36. The Morgan fingerprint density at radius 2 is 2.20 bits per heavy atom. The van der Waals surface area contributed by atoms with Gasteiger partial charge in [-0.1, -0.05) is 0 Å². The molecule has 0 spiro atoms. The van der Waals surface area contributed by atoms with E-state index in [-0.39, 0.29) is 6.03 Å². The van der Waals surface area contributed by atoms with Crippen molar-refractivity contribution < 1.29 is 9.53 Å². The van der Waals surface area contributed by atoms with E-state index in [9.17, 15) is 4.79 Å². The number of carbonyl (C=O) groups excluding carboxylic acids is 1. The van der Waals surface area contributed by atoms with Crippen LogP contribution in [0.4, 0.5) is 4.79 Å². The van der Waals surface area contributed by atoms with E-state index in [2.05, 4.69) is 31.2 Å². The first-order valence-electron chi connectivity index (χ1n) is 10.4. The second kappa shape index (κ2) is 9.13. The Balaban J connectivity index is 1.62. The van der Waals surface area contributed by atoms with Gasteiger partial charge < -0.3 is 24.9 Å². The summed E-state index contributed by atoms with van der Waals surface area (Å²) in [5.41, 5.74) is 2.72. The predicted molar refractivity (Wildman–Crippen MR) is 113 cm³/mol. The van der Waals surface area contributed by atoms with Crippen LogP contribution in [-0.4, -0.2) is 45.8 Å². The average Bonchev–Trinajstić information content (AvgIpc) is 3.37. The normalized spacial score (nSPS) is 19.1. The van der Waals surface area contributed by atoms with Crippen molar-refractivity contribution in [3.05, 3.63) is 24.3 Å². The highest BCUT2D eigenvalue weighted by Gasteiger charge is 2.27. The maximum Gasteiger partial charge on any atom is 0.315 e. The zero-order valence-electron chi connectivity index (χ0n) is 17.1. The molecule has 0 unspecified atom stereocenters. The molecule has 0 aromatic carbocycles. The van der Waals surface area contributed by atoms with Crippen LogP contribution in [0, 0.1) is 17.2 Å². The predicted octanol–water partition coefficient (Wildman–Crippen LogP) is 3.00. The number of fused-ring (bicyclic) bond motifs is 3. The third kappa shape index (κ3) is 4.09. The Morgan fingerprint density at radius 3 is 2.97 bits per heavy atom. The fourth-order valence-corrected chi connectivity index (χ4v) is 4.38. The van der Waals surface area contributed by atoms with Crippen molar-refractivity contribution in [2.24, 2.45) is 5.92 Å². The number of pyridine rings is 1. The number of ether oxygens (including phenoxy) is 1. The molecule has 3 N–H and O–H groups in total. The van der Waals surface area contributed by atoms with Crippen molar-refractivity contribution in [3.8, 4) is 6.07 Å². The van der Waals surface area contributed by atoms with Crippen molar-refractivity contribution in [2.45, 2.75) is 44.7 Å². The molecule has 4 rings (SSSR count). The summed E-state index contributed by atoms with van der Waals surface area (Å²) in [7, 11) is 1.60. The molecular formula is C21H27N7O2. The number of H-pyrrole nitrogens is 1. The second-order valence-electron chi connectivity index (χ2n) is 7.77. The Bertz CT molecular complexity index is 1060. The molecular weight excluding hydrogens is 382 g/mol. The van der Waals surface area contributed by atoms with Gasteiger partial charge in [0.2, 0.25) is 0 Å². The molecule has 3 heterocycles. The van der Waals surface area contributed by atoms with E-state index < -0.39 is 0 Å². The number of nitrogens with zero attached hydrogens (tertiary/aromatic N) is 4. The van der Waals surface area contributed by atoms with E-state index in [0.29, 0.717) is 38.1 Å². The lowest BCUT2D eigenvalue weighted by atomic mass is 9.84. The number of imidazole rings is 1. The number of methoxy groups -OCH3 is 1. The first-order valence-corrected chi connectivity index (χ1v) is 10.4. The molecule has 1 aliphatic rings. The largest absolute Gasteiger partial charge is 0.383 e. The highest BCUT2D eigenvalue weighted by molar-refractivity contribution is 6.01. The van der Waals surface area contributed by atoms with E-state index in [0.717, 1.165) is 53.6 Å². The molecule has 1 saturated carbocycles. The summed E-state index contributed by atoms with van der Waals surface area (Å²) < 4.78 is 7.25. The standard InChI is InChI=1S/C21H27N7O2/c1-30-11-10-24-21(29)26-13-18-27-17-12-25-20-16(7-9-23-20)19(17)28(18)15-4-2-14(3-5-15)6-8-22/h7,9,12,14-15H,2-6,10-11,13H2,1H3,(H,23,25)(H2,24,26,29)/t14-,15-. The van der Waals surface area contributed by atoms with Crippen molar-refractivity contribution >= 4 is 28.1 Å². The zero-order valence-corrected chi connectivity index (χ0v) is 17.1. The number of aromatic amines is 1. The van der Waals surface area contributed by atoms with Gasteiger partial charge in [-0.25, -0.2) is 14.8 Å². The van der Waals surface area contributed by atoms with Gasteiger partial charge in [0.05, 0.1) is 30.9 Å². The number of rotatable bonds is 7. The second-order valence-corrected chi connectivity index (χ2v) is 7.77. The number of hydrogen-bond donors (Lipinski definition) is 3. The summed E-state index contributed by atoms with van der Waals surface area (Å²) >= 11 is 0. The van der Waals surface area contributed by atoms with Crippen LogP contribution in [0.15, 0.2) is 18.5 Å². The monoisotopic (exact) mass is 409 g/mol. The fraction of sp³-hybridized carbons (Fsp3) is 0.524.